The molecule has 2 aromatic rings. The first-order chi connectivity index (χ1) is 12.6. The highest BCUT2D eigenvalue weighted by atomic mass is 19.4. The zero-order valence-corrected chi connectivity index (χ0v) is 14.1. The summed E-state index contributed by atoms with van der Waals surface area (Å²) >= 11 is 0. The molecule has 27 heavy (non-hydrogen) atoms. The molecule has 2 rings (SSSR count). The predicted molar refractivity (Wildman–Crippen MR) is 89.0 cm³/mol. The number of aliphatic hydroxyl groups is 1. The first kappa shape index (κ1) is 21.1. The molecule has 0 radical (unpaired) electrons. The molecule has 0 amide bonds. The van der Waals surface area contributed by atoms with Crippen LogP contribution in [0, 0.1) is 11.6 Å². The molecule has 0 saturated carbocycles. The quantitative estimate of drug-likeness (QED) is 0.607. The van der Waals surface area contributed by atoms with Crippen molar-refractivity contribution >= 4 is 0 Å². The molecule has 0 aliphatic rings. The molecule has 0 saturated heterocycles. The first-order valence-electron chi connectivity index (χ1n) is 8.04. The standard InChI is InChI=1S/C18H19F5N2O2/c19-13-5-14(20)7-15(6-13)27-10-16(24)17(26)9-25-8-11-2-1-3-12(4-11)18(21,22)23/h1-7,16-17,25-26H,8-10,24H2/t16-,17+/m0/s1. The highest BCUT2D eigenvalue weighted by molar-refractivity contribution is 5.25. The van der Waals surface area contributed by atoms with Crippen molar-refractivity contribution in [2.45, 2.75) is 24.9 Å². The van der Waals surface area contributed by atoms with Crippen LogP contribution in [0.5, 0.6) is 5.75 Å². The molecule has 2 atom stereocenters. The van der Waals surface area contributed by atoms with Crippen LogP contribution in [0.25, 0.3) is 0 Å². The van der Waals surface area contributed by atoms with Crippen LogP contribution < -0.4 is 15.8 Å². The molecule has 0 unspecified atom stereocenters. The second kappa shape index (κ2) is 9.12. The Morgan fingerprint density at radius 1 is 1.07 bits per heavy atom. The molecule has 9 heteroatoms. The second-order valence-electron chi connectivity index (χ2n) is 5.98. The van der Waals surface area contributed by atoms with Crippen LogP contribution in [-0.2, 0) is 12.7 Å². The van der Waals surface area contributed by atoms with Gasteiger partial charge >= 0.3 is 6.18 Å². The third kappa shape index (κ3) is 6.78. The minimum Gasteiger partial charge on any atom is -0.492 e. The van der Waals surface area contributed by atoms with E-state index in [-0.39, 0.29) is 25.4 Å². The highest BCUT2D eigenvalue weighted by Gasteiger charge is 2.30. The first-order valence-corrected chi connectivity index (χ1v) is 8.04. The minimum atomic E-state index is -4.42. The van der Waals surface area contributed by atoms with E-state index in [1.165, 1.54) is 12.1 Å². The summed E-state index contributed by atoms with van der Waals surface area (Å²) in [5, 5.41) is 12.8. The summed E-state index contributed by atoms with van der Waals surface area (Å²) in [6.07, 6.45) is -5.50. The van der Waals surface area contributed by atoms with E-state index >= 15 is 0 Å². The zero-order valence-electron chi connectivity index (χ0n) is 14.1. The molecule has 0 heterocycles. The van der Waals surface area contributed by atoms with Crippen LogP contribution in [0.15, 0.2) is 42.5 Å². The van der Waals surface area contributed by atoms with Crippen molar-refractivity contribution in [3.05, 3.63) is 65.2 Å². The highest BCUT2D eigenvalue weighted by Crippen LogP contribution is 2.29. The zero-order chi connectivity index (χ0) is 20.0. The molecule has 0 bridgehead atoms. The van der Waals surface area contributed by atoms with Crippen molar-refractivity contribution in [2.24, 2.45) is 5.73 Å². The van der Waals surface area contributed by atoms with Crippen molar-refractivity contribution in [3.8, 4) is 5.75 Å². The molecule has 4 N–H and O–H groups in total. The summed E-state index contributed by atoms with van der Waals surface area (Å²) < 4.78 is 69.3. The Bertz CT molecular complexity index is 735. The predicted octanol–water partition coefficient (Wildman–Crippen LogP) is 2.84. The van der Waals surface area contributed by atoms with Gasteiger partial charge in [0.25, 0.3) is 0 Å². The molecular formula is C18H19F5N2O2. The molecule has 4 nitrogen and oxygen atoms in total. The summed E-state index contributed by atoms with van der Waals surface area (Å²) in [5.74, 6) is -1.67. The van der Waals surface area contributed by atoms with Gasteiger partial charge < -0.3 is 20.9 Å². The fourth-order valence-corrected chi connectivity index (χ4v) is 2.29. The number of hydrogen-bond acceptors (Lipinski definition) is 4. The maximum absolute atomic E-state index is 13.1. The van der Waals surface area contributed by atoms with Crippen LogP contribution in [0.4, 0.5) is 22.0 Å². The second-order valence-corrected chi connectivity index (χ2v) is 5.98. The van der Waals surface area contributed by atoms with E-state index in [0.29, 0.717) is 11.6 Å². The molecule has 0 fully saturated rings. The van der Waals surface area contributed by atoms with Gasteiger partial charge in [-0.25, -0.2) is 8.78 Å². The van der Waals surface area contributed by atoms with Gasteiger partial charge in [-0.15, -0.1) is 0 Å². The minimum absolute atomic E-state index is 0.00170. The maximum atomic E-state index is 13.1. The average molecular weight is 390 g/mol. The van der Waals surface area contributed by atoms with E-state index in [2.05, 4.69) is 5.32 Å². The van der Waals surface area contributed by atoms with E-state index in [1.54, 1.807) is 0 Å². The van der Waals surface area contributed by atoms with E-state index in [1.807, 2.05) is 0 Å². The fraction of sp³-hybridized carbons (Fsp3) is 0.333. The molecule has 0 aromatic heterocycles. The van der Waals surface area contributed by atoms with Gasteiger partial charge in [-0.3, -0.25) is 0 Å². The number of hydrogen-bond donors (Lipinski definition) is 3. The van der Waals surface area contributed by atoms with Crippen LogP contribution in [0.2, 0.25) is 0 Å². The van der Waals surface area contributed by atoms with E-state index in [0.717, 1.165) is 24.3 Å². The Hall–Kier alpha value is -2.23. The van der Waals surface area contributed by atoms with Gasteiger partial charge in [-0.2, -0.15) is 13.2 Å². The monoisotopic (exact) mass is 390 g/mol. The molecule has 2 aromatic carbocycles. The van der Waals surface area contributed by atoms with Gasteiger partial charge in [-0.1, -0.05) is 18.2 Å². The van der Waals surface area contributed by atoms with E-state index in [9.17, 15) is 27.1 Å². The van der Waals surface area contributed by atoms with Crippen LogP contribution in [-0.4, -0.2) is 30.4 Å². The summed E-state index contributed by atoms with van der Waals surface area (Å²) in [7, 11) is 0. The van der Waals surface area contributed by atoms with E-state index in [4.69, 9.17) is 10.5 Å². The van der Waals surface area contributed by atoms with Gasteiger partial charge in [0, 0.05) is 31.3 Å². The third-order valence-electron chi connectivity index (χ3n) is 3.71. The van der Waals surface area contributed by atoms with Gasteiger partial charge in [0.15, 0.2) is 0 Å². The summed E-state index contributed by atoms with van der Waals surface area (Å²) in [4.78, 5) is 0. The molecule has 148 valence electrons. The SMILES string of the molecule is N[C@@H](COc1cc(F)cc(F)c1)[C@H](O)CNCc1cccc(C(F)(F)F)c1. The summed E-state index contributed by atoms with van der Waals surface area (Å²) in [5.41, 5.74) is 5.40. The smallest absolute Gasteiger partial charge is 0.416 e. The van der Waals surface area contributed by atoms with Gasteiger partial charge in [0.1, 0.15) is 24.0 Å². The van der Waals surface area contributed by atoms with Gasteiger partial charge in [0.2, 0.25) is 0 Å². The Morgan fingerprint density at radius 3 is 2.37 bits per heavy atom. The number of nitrogens with one attached hydrogen (secondary N) is 1. The molecular weight excluding hydrogens is 371 g/mol. The van der Waals surface area contributed by atoms with E-state index < -0.39 is 35.5 Å². The third-order valence-corrected chi connectivity index (χ3v) is 3.71. The molecule has 0 spiro atoms. The topological polar surface area (TPSA) is 67.5 Å². The lowest BCUT2D eigenvalue weighted by molar-refractivity contribution is -0.137. The lowest BCUT2D eigenvalue weighted by Gasteiger charge is -2.20. The lowest BCUT2D eigenvalue weighted by atomic mass is 10.1. The summed E-state index contributed by atoms with van der Waals surface area (Å²) in [6, 6.07) is 6.60. The maximum Gasteiger partial charge on any atom is 0.416 e. The van der Waals surface area contributed by atoms with Crippen molar-refractivity contribution in [1.29, 1.82) is 0 Å². The number of halogens is 5. The number of ether oxygens (including phenoxy) is 1. The van der Waals surface area contributed by atoms with Gasteiger partial charge in [0.05, 0.1) is 17.7 Å². The van der Waals surface area contributed by atoms with Gasteiger partial charge in [-0.05, 0) is 11.6 Å². The number of rotatable bonds is 8. The average Bonchev–Trinajstić information content (AvgIpc) is 2.58. The van der Waals surface area contributed by atoms with Crippen LogP contribution >= 0.6 is 0 Å². The number of nitrogens with two attached hydrogens (primary N) is 1. The normalized spacial score (nSPS) is 14.0. The molecule has 0 aliphatic heterocycles. The lowest BCUT2D eigenvalue weighted by Crippen LogP contribution is -2.45. The fourth-order valence-electron chi connectivity index (χ4n) is 2.29. The van der Waals surface area contributed by atoms with Crippen LogP contribution in [0.3, 0.4) is 0 Å². The number of alkyl halides is 3. The Balaban J connectivity index is 1.79. The van der Waals surface area contributed by atoms with Crippen molar-refractivity contribution in [3.63, 3.8) is 0 Å². The Kier molecular flexibility index (Phi) is 7.11. The Morgan fingerprint density at radius 2 is 1.74 bits per heavy atom. The summed E-state index contributed by atoms with van der Waals surface area (Å²) in [6.45, 7) is -0.1000. The number of benzene rings is 2. The van der Waals surface area contributed by atoms with Crippen molar-refractivity contribution < 1.29 is 31.8 Å². The number of aliphatic hydroxyl groups excluding tert-OH is 1. The van der Waals surface area contributed by atoms with Crippen molar-refractivity contribution in [2.75, 3.05) is 13.2 Å². The Labute approximate surface area is 152 Å². The largest absolute Gasteiger partial charge is 0.492 e. The van der Waals surface area contributed by atoms with Crippen LogP contribution in [0.1, 0.15) is 11.1 Å². The molecule has 0 aliphatic carbocycles. The van der Waals surface area contributed by atoms with Crippen molar-refractivity contribution in [1.82, 2.24) is 5.32 Å².